The van der Waals surface area contributed by atoms with Crippen LogP contribution >= 0.6 is 0 Å². The zero-order valence-electron chi connectivity index (χ0n) is 5.43. The Kier molecular flexibility index (Phi) is 2.12. The minimum Gasteiger partial charge on any atom is -0.226 e. The quantitative estimate of drug-likeness (QED) is 0.439. The number of halogens is 2. The third-order valence-electron chi connectivity index (χ3n) is 1.04. The van der Waals surface area contributed by atoms with E-state index in [9.17, 15) is 8.78 Å². The lowest BCUT2D eigenvalue weighted by Gasteiger charge is -1.94. The molecular weight excluding hydrogens is 150 g/mol. The zero-order valence-corrected chi connectivity index (χ0v) is 5.43. The van der Waals surface area contributed by atoms with Crippen molar-refractivity contribution in [1.29, 1.82) is 0 Å². The maximum Gasteiger partial charge on any atom is 0.253 e. The first-order chi connectivity index (χ1) is 5.25. The molecule has 55 valence electrons. The molecule has 0 N–H and O–H groups in total. The molecule has 0 aliphatic heterocycles. The Morgan fingerprint density at radius 2 is 2.18 bits per heavy atom. The molecule has 0 bridgehead atoms. The Bertz CT molecular complexity index is 304. The summed E-state index contributed by atoms with van der Waals surface area (Å²) in [6.07, 6.45) is 6.76. The van der Waals surface area contributed by atoms with Crippen molar-refractivity contribution in [1.82, 2.24) is 9.97 Å². The fourth-order valence-electron chi connectivity index (χ4n) is 0.560. The average molecular weight is 153 g/mol. The van der Waals surface area contributed by atoms with Gasteiger partial charge in [-0.05, 0) is 0 Å². The van der Waals surface area contributed by atoms with Gasteiger partial charge >= 0.3 is 0 Å². The molecule has 1 rings (SSSR count). The molecule has 1 aromatic heterocycles. The number of nitrogens with zero attached hydrogens (tertiary/aromatic N) is 2. The molecule has 0 spiro atoms. The second-order valence-electron chi connectivity index (χ2n) is 1.76. The zero-order chi connectivity index (χ0) is 8.27. The standard InChI is InChI=1S/C7H3F2N2/c1-2-3-5-6(8)7(9)11-4-10-5/h1H,3H2. The normalized spacial score (nSPS) is 9.18. The maximum atomic E-state index is 12.6. The Morgan fingerprint density at radius 3 is 2.82 bits per heavy atom. The summed E-state index contributed by atoms with van der Waals surface area (Å²) in [6.45, 7) is 0. The van der Waals surface area contributed by atoms with E-state index in [2.05, 4.69) is 15.9 Å². The van der Waals surface area contributed by atoms with E-state index in [1.165, 1.54) is 0 Å². The maximum absolute atomic E-state index is 12.6. The molecule has 2 nitrogen and oxygen atoms in total. The SMILES string of the molecule is C#CCc1n[c]nc(F)c1F. The first-order valence-corrected chi connectivity index (χ1v) is 2.77. The minimum absolute atomic E-state index is 0.0538. The van der Waals surface area contributed by atoms with Crippen LogP contribution in [0.3, 0.4) is 0 Å². The van der Waals surface area contributed by atoms with E-state index in [-0.39, 0.29) is 12.1 Å². The summed E-state index contributed by atoms with van der Waals surface area (Å²) in [5.41, 5.74) is -0.139. The van der Waals surface area contributed by atoms with Crippen LogP contribution in [-0.4, -0.2) is 9.97 Å². The van der Waals surface area contributed by atoms with Crippen molar-refractivity contribution in [3.63, 3.8) is 0 Å². The van der Waals surface area contributed by atoms with Crippen LogP contribution in [0.5, 0.6) is 0 Å². The highest BCUT2D eigenvalue weighted by atomic mass is 19.2. The summed E-state index contributed by atoms with van der Waals surface area (Å²) < 4.78 is 24.8. The first kappa shape index (κ1) is 7.61. The van der Waals surface area contributed by atoms with Crippen molar-refractivity contribution >= 4 is 0 Å². The minimum atomic E-state index is -1.22. The van der Waals surface area contributed by atoms with Gasteiger partial charge in [-0.3, -0.25) is 0 Å². The highest BCUT2D eigenvalue weighted by Gasteiger charge is 2.08. The van der Waals surface area contributed by atoms with Crippen molar-refractivity contribution in [2.75, 3.05) is 0 Å². The van der Waals surface area contributed by atoms with E-state index in [0.29, 0.717) is 0 Å². The number of hydrogen-bond acceptors (Lipinski definition) is 2. The van der Waals surface area contributed by atoms with Gasteiger partial charge in [0.1, 0.15) is 0 Å². The number of hydrogen-bond donors (Lipinski definition) is 0. The highest BCUT2D eigenvalue weighted by Crippen LogP contribution is 2.04. The third kappa shape index (κ3) is 1.49. The fourth-order valence-corrected chi connectivity index (χ4v) is 0.560. The second kappa shape index (κ2) is 3.06. The third-order valence-corrected chi connectivity index (χ3v) is 1.04. The Labute approximate surface area is 62.3 Å². The van der Waals surface area contributed by atoms with Crippen LogP contribution in [0.25, 0.3) is 0 Å². The number of aromatic nitrogens is 2. The molecule has 0 aliphatic carbocycles. The second-order valence-corrected chi connectivity index (χ2v) is 1.76. The van der Waals surface area contributed by atoms with Crippen molar-refractivity contribution in [3.8, 4) is 12.3 Å². The molecule has 1 aromatic rings. The van der Waals surface area contributed by atoms with Crippen LogP contribution in [-0.2, 0) is 6.42 Å². The summed E-state index contributed by atoms with van der Waals surface area (Å²) in [7, 11) is 0. The molecule has 0 saturated carbocycles. The van der Waals surface area contributed by atoms with Gasteiger partial charge in [0, 0.05) is 0 Å². The predicted molar refractivity (Wildman–Crippen MR) is 33.3 cm³/mol. The van der Waals surface area contributed by atoms with Crippen LogP contribution in [0.4, 0.5) is 8.78 Å². The van der Waals surface area contributed by atoms with Crippen LogP contribution in [0.1, 0.15) is 5.69 Å². The fraction of sp³-hybridized carbons (Fsp3) is 0.143. The molecule has 0 fully saturated rings. The van der Waals surface area contributed by atoms with E-state index < -0.39 is 11.8 Å². The van der Waals surface area contributed by atoms with Gasteiger partial charge in [0.2, 0.25) is 12.1 Å². The molecule has 4 heteroatoms. The summed E-state index contributed by atoms with van der Waals surface area (Å²) in [5.74, 6) is -0.178. The summed E-state index contributed by atoms with van der Waals surface area (Å²) in [4.78, 5) is 6.21. The van der Waals surface area contributed by atoms with E-state index >= 15 is 0 Å². The van der Waals surface area contributed by atoms with Crippen molar-refractivity contribution in [2.24, 2.45) is 0 Å². The van der Waals surface area contributed by atoms with Crippen molar-refractivity contribution in [2.45, 2.75) is 6.42 Å². The Morgan fingerprint density at radius 1 is 1.45 bits per heavy atom. The van der Waals surface area contributed by atoms with Gasteiger partial charge in [0.15, 0.2) is 0 Å². The topological polar surface area (TPSA) is 25.8 Å². The number of rotatable bonds is 1. The van der Waals surface area contributed by atoms with E-state index in [4.69, 9.17) is 6.42 Å². The first-order valence-electron chi connectivity index (χ1n) is 2.77. The molecule has 0 unspecified atom stereocenters. The van der Waals surface area contributed by atoms with Gasteiger partial charge in [-0.1, -0.05) is 0 Å². The largest absolute Gasteiger partial charge is 0.253 e. The molecule has 11 heavy (non-hydrogen) atoms. The van der Waals surface area contributed by atoms with Crippen LogP contribution in [0, 0.1) is 30.4 Å². The average Bonchev–Trinajstić information content (AvgIpc) is 1.99. The molecule has 0 aliphatic rings. The van der Waals surface area contributed by atoms with E-state index in [1.807, 2.05) is 6.33 Å². The molecule has 1 heterocycles. The molecule has 0 amide bonds. The summed E-state index contributed by atoms with van der Waals surface area (Å²) >= 11 is 0. The lowest BCUT2D eigenvalue weighted by atomic mass is 10.3. The van der Waals surface area contributed by atoms with E-state index in [1.54, 1.807) is 0 Å². The van der Waals surface area contributed by atoms with Gasteiger partial charge in [-0.15, -0.1) is 12.3 Å². The monoisotopic (exact) mass is 153 g/mol. The van der Waals surface area contributed by atoms with Crippen molar-refractivity contribution < 1.29 is 8.78 Å². The molecule has 1 radical (unpaired) electrons. The Hall–Kier alpha value is -1.50. The van der Waals surface area contributed by atoms with Crippen LogP contribution in [0.2, 0.25) is 0 Å². The predicted octanol–water partition coefficient (Wildman–Crippen LogP) is 0.731. The van der Waals surface area contributed by atoms with Crippen molar-refractivity contribution in [3.05, 3.63) is 23.8 Å². The summed E-state index contributed by atoms with van der Waals surface area (Å²) in [6, 6.07) is 0. The highest BCUT2D eigenvalue weighted by molar-refractivity contribution is 5.10. The lowest BCUT2D eigenvalue weighted by molar-refractivity contribution is 0.463. The summed E-state index contributed by atoms with van der Waals surface area (Å²) in [5, 5.41) is 0. The van der Waals surface area contributed by atoms with Crippen LogP contribution < -0.4 is 0 Å². The molecule has 0 aromatic carbocycles. The van der Waals surface area contributed by atoms with Gasteiger partial charge in [0.25, 0.3) is 5.95 Å². The van der Waals surface area contributed by atoms with Gasteiger partial charge in [-0.2, -0.15) is 13.8 Å². The van der Waals surface area contributed by atoms with Gasteiger partial charge < -0.3 is 0 Å². The Balaban J connectivity index is 3.08. The lowest BCUT2D eigenvalue weighted by Crippen LogP contribution is -1.99. The van der Waals surface area contributed by atoms with Gasteiger partial charge in [-0.25, -0.2) is 4.98 Å². The van der Waals surface area contributed by atoms with E-state index in [0.717, 1.165) is 0 Å². The van der Waals surface area contributed by atoms with Gasteiger partial charge in [0.05, 0.1) is 12.1 Å². The molecular formula is C7H3F2N2. The smallest absolute Gasteiger partial charge is 0.226 e. The molecule has 0 atom stereocenters. The molecule has 0 saturated heterocycles. The number of terminal acetylenes is 1. The van der Waals surface area contributed by atoms with Crippen LogP contribution in [0.15, 0.2) is 0 Å².